The average molecular weight is 243 g/mol. The minimum absolute atomic E-state index is 0.0270. The van der Waals surface area contributed by atoms with Gasteiger partial charge in [0.15, 0.2) is 5.82 Å². The predicted octanol–water partition coefficient (Wildman–Crippen LogP) is 0.114. The average Bonchev–Trinajstić information content (AvgIpc) is 2.28. The molecule has 1 aliphatic heterocycles. The van der Waals surface area contributed by atoms with Crippen molar-refractivity contribution < 1.29 is 4.79 Å². The van der Waals surface area contributed by atoms with Crippen molar-refractivity contribution in [3.05, 3.63) is 21.7 Å². The molecule has 1 aromatic rings. The molecule has 1 fully saturated rings. The number of rotatable bonds is 2. The van der Waals surface area contributed by atoms with E-state index in [9.17, 15) is 9.59 Å². The van der Waals surface area contributed by atoms with E-state index in [4.69, 9.17) is 11.6 Å². The van der Waals surface area contributed by atoms with E-state index in [0.717, 1.165) is 6.42 Å². The van der Waals surface area contributed by atoms with E-state index in [1.807, 2.05) is 0 Å². The number of carbonyl (C=O) groups is 1. The summed E-state index contributed by atoms with van der Waals surface area (Å²) in [6, 6.07) is -0.374. The smallest absolute Gasteiger partial charge is 0.271 e. The number of aromatic nitrogens is 2. The summed E-state index contributed by atoms with van der Waals surface area (Å²) >= 11 is 5.76. The van der Waals surface area contributed by atoms with Crippen LogP contribution in [0.3, 0.4) is 0 Å². The van der Waals surface area contributed by atoms with Crippen molar-refractivity contribution >= 4 is 23.3 Å². The van der Waals surface area contributed by atoms with Crippen molar-refractivity contribution in [2.24, 2.45) is 0 Å². The maximum Gasteiger partial charge on any atom is 0.271 e. The number of hydrogen-bond acceptors (Lipinski definition) is 4. The molecule has 1 aromatic heterocycles. The standard InChI is InChI=1S/C9H11ClN4O2/c10-6-7(12-4-13-9(6)16)14-5-2-1-3-11-8(5)15/h4-5H,1-3H2,(H,11,15)(H2,12,13,14,16). The number of aromatic amines is 1. The first-order valence-corrected chi connectivity index (χ1v) is 5.33. The van der Waals surface area contributed by atoms with Crippen LogP contribution >= 0.6 is 11.6 Å². The Morgan fingerprint density at radius 2 is 2.31 bits per heavy atom. The first-order chi connectivity index (χ1) is 7.68. The number of halogens is 1. The molecule has 2 heterocycles. The zero-order valence-electron chi connectivity index (χ0n) is 8.42. The first-order valence-electron chi connectivity index (χ1n) is 4.96. The van der Waals surface area contributed by atoms with Crippen molar-refractivity contribution in [1.29, 1.82) is 0 Å². The van der Waals surface area contributed by atoms with Crippen molar-refractivity contribution in [2.75, 3.05) is 11.9 Å². The SMILES string of the molecule is O=C1NCCCC1Nc1nc[nH]c(=O)c1Cl. The lowest BCUT2D eigenvalue weighted by atomic mass is 10.1. The molecule has 0 aliphatic carbocycles. The number of H-pyrrole nitrogens is 1. The van der Waals surface area contributed by atoms with Crippen LogP contribution in [0.25, 0.3) is 0 Å². The van der Waals surface area contributed by atoms with Crippen LogP contribution in [0.5, 0.6) is 0 Å². The topological polar surface area (TPSA) is 86.9 Å². The second-order valence-corrected chi connectivity index (χ2v) is 3.90. The quantitative estimate of drug-likeness (QED) is 0.687. The minimum atomic E-state index is -0.421. The van der Waals surface area contributed by atoms with Gasteiger partial charge in [0, 0.05) is 6.54 Å². The summed E-state index contributed by atoms with van der Waals surface area (Å²) in [6.45, 7) is 0.688. The number of hydrogen-bond donors (Lipinski definition) is 3. The number of piperidine rings is 1. The van der Waals surface area contributed by atoms with Gasteiger partial charge in [-0.1, -0.05) is 11.6 Å². The lowest BCUT2D eigenvalue weighted by Crippen LogP contribution is -2.44. The monoisotopic (exact) mass is 242 g/mol. The van der Waals surface area contributed by atoms with Crippen molar-refractivity contribution in [1.82, 2.24) is 15.3 Å². The fourth-order valence-corrected chi connectivity index (χ4v) is 1.72. The van der Waals surface area contributed by atoms with Gasteiger partial charge in [0.2, 0.25) is 5.91 Å². The lowest BCUT2D eigenvalue weighted by molar-refractivity contribution is -0.123. The van der Waals surface area contributed by atoms with Crippen LogP contribution < -0.4 is 16.2 Å². The largest absolute Gasteiger partial charge is 0.357 e. The van der Waals surface area contributed by atoms with Gasteiger partial charge in [-0.15, -0.1) is 0 Å². The molecule has 6 nitrogen and oxygen atoms in total. The number of anilines is 1. The highest BCUT2D eigenvalue weighted by Crippen LogP contribution is 2.16. The van der Waals surface area contributed by atoms with Crippen LogP contribution in [0.2, 0.25) is 5.02 Å². The molecular weight excluding hydrogens is 232 g/mol. The van der Waals surface area contributed by atoms with Gasteiger partial charge in [-0.25, -0.2) is 4.98 Å². The van der Waals surface area contributed by atoms with E-state index >= 15 is 0 Å². The fourth-order valence-electron chi connectivity index (χ4n) is 1.56. The molecule has 0 spiro atoms. The van der Waals surface area contributed by atoms with E-state index in [2.05, 4.69) is 20.6 Å². The number of carbonyl (C=O) groups excluding carboxylic acids is 1. The molecular formula is C9H11ClN4O2. The second-order valence-electron chi connectivity index (χ2n) is 3.52. The molecule has 1 atom stereocenters. The molecule has 7 heteroatoms. The highest BCUT2D eigenvalue weighted by Gasteiger charge is 2.23. The Bertz CT molecular complexity index is 459. The van der Waals surface area contributed by atoms with Gasteiger partial charge in [0.25, 0.3) is 5.56 Å². The number of amides is 1. The maximum atomic E-state index is 11.5. The van der Waals surface area contributed by atoms with Gasteiger partial charge in [0.1, 0.15) is 11.1 Å². The Morgan fingerprint density at radius 1 is 1.50 bits per heavy atom. The highest BCUT2D eigenvalue weighted by atomic mass is 35.5. The normalized spacial score (nSPS) is 20.3. The lowest BCUT2D eigenvalue weighted by Gasteiger charge is -2.23. The molecule has 0 saturated carbocycles. The molecule has 16 heavy (non-hydrogen) atoms. The Labute approximate surface area is 96.4 Å². The van der Waals surface area contributed by atoms with Crippen LogP contribution in [0.4, 0.5) is 5.82 Å². The molecule has 2 rings (SSSR count). The number of nitrogens with zero attached hydrogens (tertiary/aromatic N) is 1. The molecule has 1 amide bonds. The highest BCUT2D eigenvalue weighted by molar-refractivity contribution is 6.32. The zero-order valence-corrected chi connectivity index (χ0v) is 9.17. The van der Waals surface area contributed by atoms with Gasteiger partial charge < -0.3 is 15.6 Å². The molecule has 86 valence electrons. The van der Waals surface area contributed by atoms with E-state index in [1.54, 1.807) is 0 Å². The molecule has 1 aliphatic rings. The molecule has 1 unspecified atom stereocenters. The van der Waals surface area contributed by atoms with Gasteiger partial charge in [-0.05, 0) is 12.8 Å². The summed E-state index contributed by atoms with van der Waals surface area (Å²) in [5, 5.41) is 5.57. The first kappa shape index (κ1) is 10.9. The number of nitrogens with one attached hydrogen (secondary N) is 3. The van der Waals surface area contributed by atoms with Gasteiger partial charge in [-0.2, -0.15) is 0 Å². The Morgan fingerprint density at radius 3 is 3.06 bits per heavy atom. The van der Waals surface area contributed by atoms with Crippen molar-refractivity contribution in [3.8, 4) is 0 Å². The second kappa shape index (κ2) is 4.52. The molecule has 0 aromatic carbocycles. The summed E-state index contributed by atoms with van der Waals surface area (Å²) < 4.78 is 0. The van der Waals surface area contributed by atoms with Crippen molar-refractivity contribution in [3.63, 3.8) is 0 Å². The van der Waals surface area contributed by atoms with E-state index in [-0.39, 0.29) is 22.8 Å². The van der Waals surface area contributed by atoms with E-state index < -0.39 is 5.56 Å². The zero-order chi connectivity index (χ0) is 11.5. The van der Waals surface area contributed by atoms with E-state index in [0.29, 0.717) is 13.0 Å². The van der Waals surface area contributed by atoms with Crippen molar-refractivity contribution in [2.45, 2.75) is 18.9 Å². The third-order valence-corrected chi connectivity index (χ3v) is 2.74. The molecule has 0 bridgehead atoms. The Balaban J connectivity index is 2.17. The van der Waals surface area contributed by atoms with Crippen LogP contribution in [0, 0.1) is 0 Å². The maximum absolute atomic E-state index is 11.5. The van der Waals surface area contributed by atoms with Crippen LogP contribution in [0.15, 0.2) is 11.1 Å². The summed E-state index contributed by atoms with van der Waals surface area (Å²) in [4.78, 5) is 28.9. The Kier molecular flexibility index (Phi) is 3.09. The third kappa shape index (κ3) is 2.16. The minimum Gasteiger partial charge on any atom is -0.357 e. The fraction of sp³-hybridized carbons (Fsp3) is 0.444. The van der Waals surface area contributed by atoms with Gasteiger partial charge in [-0.3, -0.25) is 9.59 Å². The van der Waals surface area contributed by atoms with Crippen LogP contribution in [-0.4, -0.2) is 28.5 Å². The molecule has 0 radical (unpaired) electrons. The van der Waals surface area contributed by atoms with Gasteiger partial charge in [0.05, 0.1) is 6.33 Å². The van der Waals surface area contributed by atoms with Crippen LogP contribution in [-0.2, 0) is 4.79 Å². The van der Waals surface area contributed by atoms with Gasteiger partial charge >= 0.3 is 0 Å². The summed E-state index contributed by atoms with van der Waals surface area (Å²) in [7, 11) is 0. The third-order valence-electron chi connectivity index (χ3n) is 2.39. The van der Waals surface area contributed by atoms with Crippen LogP contribution in [0.1, 0.15) is 12.8 Å². The summed E-state index contributed by atoms with van der Waals surface area (Å²) in [6.07, 6.45) is 2.85. The Hall–Kier alpha value is -1.56. The molecule has 3 N–H and O–H groups in total. The molecule has 1 saturated heterocycles. The summed E-state index contributed by atoms with van der Waals surface area (Å²) in [5.74, 6) is 0.150. The van der Waals surface area contributed by atoms with E-state index in [1.165, 1.54) is 6.33 Å². The predicted molar refractivity (Wildman–Crippen MR) is 59.5 cm³/mol. The summed E-state index contributed by atoms with van der Waals surface area (Å²) in [5.41, 5.74) is -0.421.